The summed E-state index contributed by atoms with van der Waals surface area (Å²) in [6, 6.07) is 13.6. The number of aromatic nitrogens is 1. The van der Waals surface area contributed by atoms with Gasteiger partial charge in [0.15, 0.2) is 0 Å². The van der Waals surface area contributed by atoms with Gasteiger partial charge in [-0.05, 0) is 55.8 Å². The Hall–Kier alpha value is -2.75. The first kappa shape index (κ1) is 15.2. The third-order valence-corrected chi connectivity index (χ3v) is 3.99. The van der Waals surface area contributed by atoms with Crippen LogP contribution in [0.5, 0.6) is 5.75 Å². The first-order chi connectivity index (χ1) is 11.1. The van der Waals surface area contributed by atoms with Crippen molar-refractivity contribution in [3.05, 3.63) is 59.3 Å². The van der Waals surface area contributed by atoms with E-state index < -0.39 is 0 Å². The highest BCUT2D eigenvalue weighted by atomic mass is 16.5. The highest BCUT2D eigenvalue weighted by Gasteiger charge is 2.13. The van der Waals surface area contributed by atoms with Crippen molar-refractivity contribution >= 4 is 22.5 Å². The highest BCUT2D eigenvalue weighted by molar-refractivity contribution is 5.96. The maximum Gasteiger partial charge on any atom is 0.228 e. The number of carbonyl (C=O) groups excluding carboxylic acids is 1. The van der Waals surface area contributed by atoms with Gasteiger partial charge in [0.25, 0.3) is 0 Å². The lowest BCUT2D eigenvalue weighted by atomic mass is 10.1. The van der Waals surface area contributed by atoms with Gasteiger partial charge in [-0.3, -0.25) is 4.79 Å². The molecule has 0 aliphatic carbocycles. The fourth-order valence-corrected chi connectivity index (χ4v) is 2.76. The molecule has 0 spiro atoms. The molecule has 0 aliphatic heterocycles. The van der Waals surface area contributed by atoms with Gasteiger partial charge in [0.2, 0.25) is 5.91 Å². The predicted octanol–water partition coefficient (Wildman–Crippen LogP) is 3.97. The molecule has 3 aromatic rings. The molecular formula is C19H20N2O2. The summed E-state index contributed by atoms with van der Waals surface area (Å²) in [5, 5.41) is 4.05. The van der Waals surface area contributed by atoms with Gasteiger partial charge in [-0.25, -0.2) is 0 Å². The van der Waals surface area contributed by atoms with Gasteiger partial charge in [0, 0.05) is 22.3 Å². The minimum Gasteiger partial charge on any atom is -0.497 e. The predicted molar refractivity (Wildman–Crippen MR) is 93.1 cm³/mol. The number of aryl methyl sites for hydroxylation is 2. The normalized spacial score (nSPS) is 10.7. The molecule has 0 aliphatic rings. The number of fused-ring (bicyclic) bond motifs is 1. The van der Waals surface area contributed by atoms with Crippen LogP contribution >= 0.6 is 0 Å². The maximum absolute atomic E-state index is 12.4. The summed E-state index contributed by atoms with van der Waals surface area (Å²) in [5.41, 5.74) is 5.11. The molecular weight excluding hydrogens is 288 g/mol. The smallest absolute Gasteiger partial charge is 0.228 e. The molecule has 0 saturated heterocycles. The molecule has 23 heavy (non-hydrogen) atoms. The Kier molecular flexibility index (Phi) is 4.06. The van der Waals surface area contributed by atoms with Gasteiger partial charge in [0.1, 0.15) is 5.75 Å². The summed E-state index contributed by atoms with van der Waals surface area (Å²) in [6.45, 7) is 4.06. The van der Waals surface area contributed by atoms with Crippen LogP contribution in [0.3, 0.4) is 0 Å². The largest absolute Gasteiger partial charge is 0.497 e. The lowest BCUT2D eigenvalue weighted by molar-refractivity contribution is -0.115. The molecule has 2 aromatic carbocycles. The van der Waals surface area contributed by atoms with Gasteiger partial charge in [0.05, 0.1) is 13.5 Å². The number of hydrogen-bond acceptors (Lipinski definition) is 2. The van der Waals surface area contributed by atoms with E-state index in [1.807, 2.05) is 31.2 Å². The van der Waals surface area contributed by atoms with Gasteiger partial charge >= 0.3 is 0 Å². The third-order valence-electron chi connectivity index (χ3n) is 3.99. The summed E-state index contributed by atoms with van der Waals surface area (Å²) in [7, 11) is 1.62. The Morgan fingerprint density at radius 3 is 2.57 bits per heavy atom. The number of nitrogens with one attached hydrogen (secondary N) is 2. The van der Waals surface area contributed by atoms with Crippen LogP contribution in [-0.2, 0) is 11.2 Å². The number of methoxy groups -OCH3 is 1. The molecule has 1 aromatic heterocycles. The van der Waals surface area contributed by atoms with Crippen molar-refractivity contribution in [2.24, 2.45) is 0 Å². The van der Waals surface area contributed by atoms with Crippen LogP contribution in [0.4, 0.5) is 5.69 Å². The van der Waals surface area contributed by atoms with Crippen LogP contribution in [0.2, 0.25) is 0 Å². The maximum atomic E-state index is 12.4. The van der Waals surface area contributed by atoms with Crippen molar-refractivity contribution in [2.45, 2.75) is 20.3 Å². The van der Waals surface area contributed by atoms with Crippen molar-refractivity contribution in [1.82, 2.24) is 4.98 Å². The van der Waals surface area contributed by atoms with Crippen molar-refractivity contribution in [1.29, 1.82) is 0 Å². The molecule has 4 heteroatoms. The molecule has 118 valence electrons. The topological polar surface area (TPSA) is 54.1 Å². The minimum atomic E-state index is -0.0272. The quantitative estimate of drug-likeness (QED) is 0.766. The number of H-pyrrole nitrogens is 1. The summed E-state index contributed by atoms with van der Waals surface area (Å²) in [5.74, 6) is 0.742. The van der Waals surface area contributed by atoms with Crippen LogP contribution in [0.25, 0.3) is 10.9 Å². The number of benzene rings is 2. The first-order valence-electron chi connectivity index (χ1n) is 7.58. The zero-order valence-electron chi connectivity index (χ0n) is 13.6. The standard InChI is InChI=1S/C19H20N2O2/c1-12-4-9-18-17(10-12)16(13(2)20-18)11-19(22)21-14-5-7-15(23-3)8-6-14/h4-10,20H,11H2,1-3H3,(H,21,22). The molecule has 1 heterocycles. The Bertz CT molecular complexity index is 848. The van der Waals surface area contributed by atoms with Crippen molar-refractivity contribution in [2.75, 3.05) is 12.4 Å². The molecule has 2 N–H and O–H groups in total. The van der Waals surface area contributed by atoms with E-state index in [9.17, 15) is 4.79 Å². The fourth-order valence-electron chi connectivity index (χ4n) is 2.76. The van der Waals surface area contributed by atoms with Crippen molar-refractivity contribution in [3.8, 4) is 5.75 Å². The number of ether oxygens (including phenoxy) is 1. The summed E-state index contributed by atoms with van der Waals surface area (Å²) in [4.78, 5) is 15.7. The van der Waals surface area contributed by atoms with E-state index in [0.29, 0.717) is 6.42 Å². The number of anilines is 1. The zero-order valence-corrected chi connectivity index (χ0v) is 13.6. The Labute approximate surface area is 135 Å². The van der Waals surface area contributed by atoms with Gasteiger partial charge in [-0.2, -0.15) is 0 Å². The summed E-state index contributed by atoms with van der Waals surface area (Å²) in [6.07, 6.45) is 0.349. The molecule has 4 nitrogen and oxygen atoms in total. The average molecular weight is 308 g/mol. The molecule has 0 radical (unpaired) electrons. The number of rotatable bonds is 4. The van der Waals surface area contributed by atoms with E-state index in [1.54, 1.807) is 7.11 Å². The lowest BCUT2D eigenvalue weighted by Gasteiger charge is -2.07. The molecule has 3 rings (SSSR count). The molecule has 0 bridgehead atoms. The van der Waals surface area contributed by atoms with Gasteiger partial charge < -0.3 is 15.0 Å². The summed E-state index contributed by atoms with van der Waals surface area (Å²) < 4.78 is 5.12. The van der Waals surface area contributed by atoms with E-state index in [-0.39, 0.29) is 5.91 Å². The van der Waals surface area contributed by atoms with Crippen LogP contribution in [0, 0.1) is 13.8 Å². The SMILES string of the molecule is COc1ccc(NC(=O)Cc2c(C)[nH]c3ccc(C)cc23)cc1. The number of aromatic amines is 1. The molecule has 1 amide bonds. The van der Waals surface area contributed by atoms with E-state index in [4.69, 9.17) is 4.74 Å². The minimum absolute atomic E-state index is 0.0272. The lowest BCUT2D eigenvalue weighted by Crippen LogP contribution is -2.14. The van der Waals surface area contributed by atoms with Gasteiger partial charge in [-0.15, -0.1) is 0 Å². The second kappa shape index (κ2) is 6.16. The fraction of sp³-hybridized carbons (Fsp3) is 0.211. The van der Waals surface area contributed by atoms with Crippen molar-refractivity contribution in [3.63, 3.8) is 0 Å². The molecule has 0 atom stereocenters. The monoisotopic (exact) mass is 308 g/mol. The Balaban J connectivity index is 1.79. The van der Waals surface area contributed by atoms with Gasteiger partial charge in [-0.1, -0.05) is 11.6 Å². The van der Waals surface area contributed by atoms with Crippen LogP contribution in [0.1, 0.15) is 16.8 Å². The number of amides is 1. The number of hydrogen-bond donors (Lipinski definition) is 2. The third kappa shape index (κ3) is 3.21. The van der Waals surface area contributed by atoms with Crippen molar-refractivity contribution < 1.29 is 9.53 Å². The number of carbonyl (C=O) groups is 1. The second-order valence-corrected chi connectivity index (χ2v) is 5.73. The summed E-state index contributed by atoms with van der Waals surface area (Å²) >= 11 is 0. The van der Waals surface area contributed by atoms with E-state index in [1.165, 1.54) is 5.56 Å². The highest BCUT2D eigenvalue weighted by Crippen LogP contribution is 2.24. The molecule has 0 unspecified atom stereocenters. The van der Waals surface area contributed by atoms with E-state index in [0.717, 1.165) is 33.6 Å². The van der Waals surface area contributed by atoms with Crippen LogP contribution < -0.4 is 10.1 Å². The first-order valence-corrected chi connectivity index (χ1v) is 7.58. The Morgan fingerprint density at radius 2 is 1.87 bits per heavy atom. The van der Waals surface area contributed by atoms with Crippen LogP contribution in [0.15, 0.2) is 42.5 Å². The second-order valence-electron chi connectivity index (χ2n) is 5.73. The average Bonchev–Trinajstić information content (AvgIpc) is 2.84. The van der Waals surface area contributed by atoms with E-state index in [2.05, 4.69) is 35.4 Å². The Morgan fingerprint density at radius 1 is 1.13 bits per heavy atom. The van der Waals surface area contributed by atoms with E-state index >= 15 is 0 Å². The molecule has 0 saturated carbocycles. The zero-order chi connectivity index (χ0) is 16.4. The van der Waals surface area contributed by atoms with Crippen LogP contribution in [-0.4, -0.2) is 18.0 Å². The molecule has 0 fully saturated rings.